The Hall–Kier alpha value is -2.77. The van der Waals surface area contributed by atoms with Crippen LogP contribution in [-0.4, -0.2) is 33.4 Å². The van der Waals surface area contributed by atoms with E-state index in [1.54, 1.807) is 25.3 Å². The quantitative estimate of drug-likeness (QED) is 0.440. The number of carbonyl (C=O) groups excluding carboxylic acids is 1. The lowest BCUT2D eigenvalue weighted by atomic mass is 10.1. The van der Waals surface area contributed by atoms with Gasteiger partial charge in [0.2, 0.25) is 5.91 Å². The highest BCUT2D eigenvalue weighted by atomic mass is 35.5. The van der Waals surface area contributed by atoms with Gasteiger partial charge in [-0.1, -0.05) is 41.6 Å². The maximum atomic E-state index is 12.3. The lowest BCUT2D eigenvalue weighted by molar-refractivity contribution is -0.115. The molecule has 148 valence electrons. The third-order valence-corrected chi connectivity index (χ3v) is 5.80. The molecule has 0 unspecified atom stereocenters. The van der Waals surface area contributed by atoms with Crippen LogP contribution >= 0.6 is 23.4 Å². The molecule has 0 aliphatic carbocycles. The van der Waals surface area contributed by atoms with Gasteiger partial charge in [-0.15, -0.1) is 10.2 Å². The molecule has 0 saturated heterocycles. The van der Waals surface area contributed by atoms with Crippen molar-refractivity contribution >= 4 is 51.5 Å². The van der Waals surface area contributed by atoms with E-state index in [0.717, 1.165) is 27.3 Å². The summed E-state index contributed by atoms with van der Waals surface area (Å²) in [7, 11) is 1.55. The molecule has 0 bridgehead atoms. The SMILES string of the molecule is COc1ccc(NC(=O)CCSc2nnc3cc(C)c4ccccc4n23)cc1Cl. The second kappa shape index (κ2) is 8.31. The molecular formula is C21H19ClN4O2S. The standard InChI is InChI=1S/C21H19ClN4O2S/c1-13-11-19-24-25-21(26(19)17-6-4-3-5-15(13)17)29-10-9-20(27)23-14-7-8-18(28-2)16(22)12-14/h3-8,11-12H,9-10H2,1-2H3,(H,23,27). The zero-order valence-electron chi connectivity index (χ0n) is 16.0. The summed E-state index contributed by atoms with van der Waals surface area (Å²) in [4.78, 5) is 12.3. The molecule has 0 aliphatic heterocycles. The summed E-state index contributed by atoms with van der Waals surface area (Å²) in [6.45, 7) is 2.07. The second-order valence-corrected chi connectivity index (χ2v) is 7.99. The number of para-hydroxylation sites is 1. The number of rotatable bonds is 6. The van der Waals surface area contributed by atoms with Gasteiger partial charge in [0, 0.05) is 23.2 Å². The molecule has 0 atom stereocenters. The number of aromatic nitrogens is 3. The van der Waals surface area contributed by atoms with E-state index in [1.165, 1.54) is 11.8 Å². The first-order valence-electron chi connectivity index (χ1n) is 9.06. The summed E-state index contributed by atoms with van der Waals surface area (Å²) in [5.74, 6) is 1.06. The van der Waals surface area contributed by atoms with Crippen LogP contribution in [0.3, 0.4) is 0 Å². The number of nitrogens with zero attached hydrogens (tertiary/aromatic N) is 3. The van der Waals surface area contributed by atoms with E-state index in [9.17, 15) is 4.79 Å². The third kappa shape index (κ3) is 4.02. The molecule has 6 nitrogen and oxygen atoms in total. The number of ether oxygens (including phenoxy) is 1. The molecule has 2 heterocycles. The van der Waals surface area contributed by atoms with Gasteiger partial charge >= 0.3 is 0 Å². The number of fused-ring (bicyclic) bond motifs is 3. The number of hydrogen-bond donors (Lipinski definition) is 1. The molecule has 0 radical (unpaired) electrons. The van der Waals surface area contributed by atoms with Crippen molar-refractivity contribution in [2.75, 3.05) is 18.2 Å². The zero-order chi connectivity index (χ0) is 20.4. The molecule has 4 aromatic rings. The maximum Gasteiger partial charge on any atom is 0.225 e. The number of aryl methyl sites for hydroxylation is 1. The summed E-state index contributed by atoms with van der Waals surface area (Å²) in [6, 6.07) is 15.4. The number of methoxy groups -OCH3 is 1. The van der Waals surface area contributed by atoms with Crippen molar-refractivity contribution in [3.05, 3.63) is 59.1 Å². The highest BCUT2D eigenvalue weighted by molar-refractivity contribution is 7.99. The van der Waals surface area contributed by atoms with Crippen molar-refractivity contribution in [2.45, 2.75) is 18.5 Å². The van der Waals surface area contributed by atoms with Crippen molar-refractivity contribution in [2.24, 2.45) is 0 Å². The number of thioether (sulfide) groups is 1. The Labute approximate surface area is 177 Å². The lowest BCUT2D eigenvalue weighted by Gasteiger charge is -2.08. The minimum absolute atomic E-state index is 0.0896. The Kier molecular flexibility index (Phi) is 5.60. The Morgan fingerprint density at radius 3 is 2.83 bits per heavy atom. The van der Waals surface area contributed by atoms with Crippen LogP contribution in [0.5, 0.6) is 5.75 Å². The Bertz CT molecular complexity index is 1210. The molecule has 2 aromatic heterocycles. The van der Waals surface area contributed by atoms with Crippen LogP contribution in [-0.2, 0) is 4.79 Å². The topological polar surface area (TPSA) is 68.5 Å². The van der Waals surface area contributed by atoms with Crippen LogP contribution in [0, 0.1) is 6.92 Å². The fourth-order valence-corrected chi connectivity index (χ4v) is 4.32. The number of hydrogen-bond acceptors (Lipinski definition) is 5. The molecule has 0 saturated carbocycles. The van der Waals surface area contributed by atoms with E-state index in [1.807, 2.05) is 22.6 Å². The molecule has 0 aliphatic rings. The van der Waals surface area contributed by atoms with Crippen LogP contribution in [0.15, 0.2) is 53.7 Å². The monoisotopic (exact) mass is 426 g/mol. The average molecular weight is 427 g/mol. The van der Waals surface area contributed by atoms with Crippen LogP contribution < -0.4 is 10.1 Å². The number of pyridine rings is 1. The number of amides is 1. The molecule has 0 fully saturated rings. The van der Waals surface area contributed by atoms with Crippen LogP contribution in [0.4, 0.5) is 5.69 Å². The number of benzene rings is 2. The predicted octanol–water partition coefficient (Wildman–Crippen LogP) is 4.97. The van der Waals surface area contributed by atoms with Crippen LogP contribution in [0.25, 0.3) is 16.6 Å². The van der Waals surface area contributed by atoms with E-state index in [0.29, 0.717) is 28.6 Å². The highest BCUT2D eigenvalue weighted by Crippen LogP contribution is 2.28. The van der Waals surface area contributed by atoms with Gasteiger partial charge in [0.25, 0.3) is 0 Å². The molecule has 8 heteroatoms. The number of anilines is 1. The van der Waals surface area contributed by atoms with Gasteiger partial charge in [0.1, 0.15) is 5.75 Å². The van der Waals surface area contributed by atoms with Crippen molar-refractivity contribution in [1.29, 1.82) is 0 Å². The van der Waals surface area contributed by atoms with E-state index in [4.69, 9.17) is 16.3 Å². The Morgan fingerprint density at radius 2 is 2.03 bits per heavy atom. The van der Waals surface area contributed by atoms with Crippen molar-refractivity contribution in [3.8, 4) is 5.75 Å². The van der Waals surface area contributed by atoms with Gasteiger partial charge in [-0.3, -0.25) is 9.20 Å². The number of carbonyl (C=O) groups is 1. The Morgan fingerprint density at radius 1 is 1.21 bits per heavy atom. The fraction of sp³-hybridized carbons (Fsp3) is 0.190. The predicted molar refractivity (Wildman–Crippen MR) is 117 cm³/mol. The minimum atomic E-state index is -0.0896. The van der Waals surface area contributed by atoms with Crippen LogP contribution in [0.1, 0.15) is 12.0 Å². The van der Waals surface area contributed by atoms with E-state index in [-0.39, 0.29) is 5.91 Å². The first kappa shape index (κ1) is 19.5. The number of halogens is 1. The zero-order valence-corrected chi connectivity index (χ0v) is 17.5. The van der Waals surface area contributed by atoms with Crippen molar-refractivity contribution in [1.82, 2.24) is 14.6 Å². The first-order valence-corrected chi connectivity index (χ1v) is 10.4. The van der Waals surface area contributed by atoms with Gasteiger partial charge in [0.05, 0.1) is 17.6 Å². The van der Waals surface area contributed by atoms with Crippen molar-refractivity contribution < 1.29 is 9.53 Å². The lowest BCUT2D eigenvalue weighted by Crippen LogP contribution is -2.12. The minimum Gasteiger partial charge on any atom is -0.495 e. The van der Waals surface area contributed by atoms with Gasteiger partial charge in [-0.05, 0) is 42.8 Å². The second-order valence-electron chi connectivity index (χ2n) is 6.52. The normalized spacial score (nSPS) is 11.1. The first-order chi connectivity index (χ1) is 14.1. The smallest absolute Gasteiger partial charge is 0.225 e. The van der Waals surface area contributed by atoms with Crippen molar-refractivity contribution in [3.63, 3.8) is 0 Å². The van der Waals surface area contributed by atoms with Gasteiger partial charge < -0.3 is 10.1 Å². The van der Waals surface area contributed by atoms with E-state index < -0.39 is 0 Å². The average Bonchev–Trinajstić information content (AvgIpc) is 3.11. The van der Waals surface area contributed by atoms with Gasteiger partial charge in [-0.25, -0.2) is 0 Å². The summed E-state index contributed by atoms with van der Waals surface area (Å²) >= 11 is 7.61. The molecule has 1 N–H and O–H groups in total. The third-order valence-electron chi connectivity index (χ3n) is 4.57. The van der Waals surface area contributed by atoms with E-state index in [2.05, 4.69) is 34.6 Å². The molecule has 29 heavy (non-hydrogen) atoms. The van der Waals surface area contributed by atoms with Crippen LogP contribution in [0.2, 0.25) is 5.02 Å². The molecule has 0 spiro atoms. The summed E-state index contributed by atoms with van der Waals surface area (Å²) < 4.78 is 7.16. The van der Waals surface area contributed by atoms with Gasteiger partial charge in [0.15, 0.2) is 10.8 Å². The molecule has 1 amide bonds. The fourth-order valence-electron chi connectivity index (χ4n) is 3.17. The summed E-state index contributed by atoms with van der Waals surface area (Å²) in [5, 5.41) is 13.8. The van der Waals surface area contributed by atoms with E-state index >= 15 is 0 Å². The molecule has 2 aromatic carbocycles. The number of nitrogens with one attached hydrogen (secondary N) is 1. The maximum absolute atomic E-state index is 12.3. The van der Waals surface area contributed by atoms with Gasteiger partial charge in [-0.2, -0.15) is 0 Å². The molecular weight excluding hydrogens is 408 g/mol. The summed E-state index contributed by atoms with van der Waals surface area (Å²) in [6.07, 6.45) is 0.340. The highest BCUT2D eigenvalue weighted by Gasteiger charge is 2.12. The largest absolute Gasteiger partial charge is 0.495 e. The molecule has 4 rings (SSSR count). The Balaban J connectivity index is 1.44. The summed E-state index contributed by atoms with van der Waals surface area (Å²) in [5.41, 5.74) is 3.67.